The fourth-order valence-corrected chi connectivity index (χ4v) is 4.31. The lowest BCUT2D eigenvalue weighted by Crippen LogP contribution is -2.35. The molecule has 0 saturated carbocycles. The number of nitrogens with zero attached hydrogens (tertiary/aromatic N) is 2. The molecule has 0 aliphatic rings. The number of aryl methyl sites for hydroxylation is 2. The van der Waals surface area contributed by atoms with Crippen LogP contribution in [0.1, 0.15) is 27.0 Å². The van der Waals surface area contributed by atoms with Crippen molar-refractivity contribution >= 4 is 28.1 Å². The Morgan fingerprint density at radius 3 is 2.69 bits per heavy atom. The first kappa shape index (κ1) is 18.5. The number of amides is 1. The highest BCUT2D eigenvalue weighted by Crippen LogP contribution is 2.27. The number of benzene rings is 1. The molecule has 3 rings (SSSR count). The molecule has 138 valence electrons. The lowest BCUT2D eigenvalue weighted by Gasteiger charge is -2.24. The number of nitrogens with one attached hydrogen (secondary N) is 1. The molecule has 0 radical (unpaired) electrons. The highest BCUT2D eigenvalue weighted by molar-refractivity contribution is 7.10. The van der Waals surface area contributed by atoms with Gasteiger partial charge in [-0.25, -0.2) is 0 Å². The molecule has 5 nitrogen and oxygen atoms in total. The summed E-state index contributed by atoms with van der Waals surface area (Å²) in [5.74, 6) is 0.722. The Morgan fingerprint density at radius 1 is 1.31 bits per heavy atom. The fourth-order valence-electron chi connectivity index (χ4n) is 3.19. The summed E-state index contributed by atoms with van der Waals surface area (Å²) in [5, 5.41) is 6.19. The molecular weight excluding hydrogens is 346 g/mol. The number of methoxy groups -OCH3 is 1. The third-order valence-corrected chi connectivity index (χ3v) is 5.89. The van der Waals surface area contributed by atoms with Gasteiger partial charge in [0.15, 0.2) is 0 Å². The highest BCUT2D eigenvalue weighted by Gasteiger charge is 2.20. The predicted octanol–water partition coefficient (Wildman–Crippen LogP) is 3.59. The minimum absolute atomic E-state index is 0.0660. The molecular formula is C20H25N3O2S. The van der Waals surface area contributed by atoms with E-state index in [1.807, 2.05) is 50.0 Å². The predicted molar refractivity (Wildman–Crippen MR) is 107 cm³/mol. The van der Waals surface area contributed by atoms with Gasteiger partial charge in [0.1, 0.15) is 11.4 Å². The van der Waals surface area contributed by atoms with Crippen molar-refractivity contribution in [3.8, 4) is 5.75 Å². The summed E-state index contributed by atoms with van der Waals surface area (Å²) < 4.78 is 7.20. The molecule has 1 unspecified atom stereocenters. The second-order valence-corrected chi connectivity index (χ2v) is 7.62. The average molecular weight is 372 g/mol. The lowest BCUT2D eigenvalue weighted by atomic mass is 10.1. The number of fused-ring (bicyclic) bond motifs is 1. The molecule has 1 N–H and O–H groups in total. The number of aromatic nitrogens is 1. The fraction of sp³-hybridized carbons (Fsp3) is 0.350. The number of hydrogen-bond acceptors (Lipinski definition) is 4. The van der Waals surface area contributed by atoms with E-state index in [1.54, 1.807) is 18.4 Å². The standard InChI is InChI=1S/C20H25N3O2S/c1-13-8-9-26-19(13)18(22(2)3)12-21-20(24)17-11-14-10-15(25-5)6-7-16(14)23(17)4/h6-11,18H,12H2,1-5H3,(H,21,24). The van der Waals surface area contributed by atoms with Crippen LogP contribution >= 0.6 is 11.3 Å². The van der Waals surface area contributed by atoms with E-state index in [4.69, 9.17) is 4.74 Å². The van der Waals surface area contributed by atoms with E-state index >= 15 is 0 Å². The van der Waals surface area contributed by atoms with Gasteiger partial charge >= 0.3 is 0 Å². The number of carbonyl (C=O) groups is 1. The number of carbonyl (C=O) groups excluding carboxylic acids is 1. The Morgan fingerprint density at radius 2 is 2.08 bits per heavy atom. The van der Waals surface area contributed by atoms with E-state index in [1.165, 1.54) is 10.4 Å². The van der Waals surface area contributed by atoms with Crippen LogP contribution in [0.25, 0.3) is 10.9 Å². The lowest BCUT2D eigenvalue weighted by molar-refractivity contribution is 0.0934. The zero-order chi connectivity index (χ0) is 18.8. The van der Waals surface area contributed by atoms with Crippen LogP contribution in [-0.2, 0) is 7.05 Å². The smallest absolute Gasteiger partial charge is 0.267 e. The maximum absolute atomic E-state index is 12.8. The first-order valence-corrected chi connectivity index (χ1v) is 9.42. The minimum atomic E-state index is -0.0660. The first-order valence-electron chi connectivity index (χ1n) is 8.54. The maximum atomic E-state index is 12.8. The van der Waals surface area contributed by atoms with Crippen LogP contribution in [0.15, 0.2) is 35.7 Å². The Balaban J connectivity index is 1.80. The summed E-state index contributed by atoms with van der Waals surface area (Å²) in [6.07, 6.45) is 0. The number of rotatable bonds is 6. The molecule has 1 atom stereocenters. The van der Waals surface area contributed by atoms with E-state index < -0.39 is 0 Å². The van der Waals surface area contributed by atoms with Gasteiger partial charge in [-0.3, -0.25) is 4.79 Å². The summed E-state index contributed by atoms with van der Waals surface area (Å²) in [5.41, 5.74) is 2.92. The molecule has 0 bridgehead atoms. The third-order valence-electron chi connectivity index (χ3n) is 4.77. The van der Waals surface area contributed by atoms with Crippen LogP contribution < -0.4 is 10.1 Å². The third kappa shape index (κ3) is 3.48. The normalized spacial score (nSPS) is 12.5. The summed E-state index contributed by atoms with van der Waals surface area (Å²) in [7, 11) is 7.64. The molecule has 2 aromatic heterocycles. The number of likely N-dealkylation sites (N-methyl/N-ethyl adjacent to an activating group) is 1. The quantitative estimate of drug-likeness (QED) is 0.720. The van der Waals surface area contributed by atoms with Gasteiger partial charge in [0.2, 0.25) is 0 Å². The van der Waals surface area contributed by atoms with Crippen molar-refractivity contribution in [1.82, 2.24) is 14.8 Å². The highest BCUT2D eigenvalue weighted by atomic mass is 32.1. The molecule has 0 fully saturated rings. The average Bonchev–Trinajstić information content (AvgIpc) is 3.18. The zero-order valence-electron chi connectivity index (χ0n) is 15.9. The molecule has 26 heavy (non-hydrogen) atoms. The Bertz CT molecular complexity index is 926. The van der Waals surface area contributed by atoms with E-state index in [0.29, 0.717) is 12.2 Å². The summed E-state index contributed by atoms with van der Waals surface area (Å²) in [6.45, 7) is 2.68. The second-order valence-electron chi connectivity index (χ2n) is 6.67. The molecule has 0 aliphatic carbocycles. The summed E-state index contributed by atoms with van der Waals surface area (Å²) in [6, 6.07) is 10.0. The van der Waals surface area contributed by atoms with Gasteiger partial charge < -0.3 is 19.5 Å². The molecule has 2 heterocycles. The topological polar surface area (TPSA) is 46.5 Å². The van der Waals surface area contributed by atoms with E-state index in [0.717, 1.165) is 16.7 Å². The van der Waals surface area contributed by atoms with Crippen molar-refractivity contribution < 1.29 is 9.53 Å². The Hall–Kier alpha value is -2.31. The van der Waals surface area contributed by atoms with Crippen molar-refractivity contribution in [2.45, 2.75) is 13.0 Å². The van der Waals surface area contributed by atoms with E-state index in [-0.39, 0.29) is 11.9 Å². The van der Waals surface area contributed by atoms with Crippen LogP contribution in [-0.4, -0.2) is 43.1 Å². The van der Waals surface area contributed by atoms with Gasteiger partial charge in [0, 0.05) is 29.4 Å². The minimum Gasteiger partial charge on any atom is -0.497 e. The van der Waals surface area contributed by atoms with Crippen molar-refractivity contribution in [2.75, 3.05) is 27.7 Å². The van der Waals surface area contributed by atoms with Gasteiger partial charge in [0.05, 0.1) is 13.2 Å². The van der Waals surface area contributed by atoms with Crippen LogP contribution in [0.5, 0.6) is 5.75 Å². The monoisotopic (exact) mass is 371 g/mol. The molecule has 3 aromatic rings. The van der Waals surface area contributed by atoms with Crippen molar-refractivity contribution in [3.63, 3.8) is 0 Å². The van der Waals surface area contributed by atoms with Gasteiger partial charge in [-0.15, -0.1) is 11.3 Å². The van der Waals surface area contributed by atoms with Crippen molar-refractivity contribution in [2.24, 2.45) is 7.05 Å². The Kier molecular flexibility index (Phi) is 5.34. The van der Waals surface area contributed by atoms with Crippen LogP contribution in [0.4, 0.5) is 0 Å². The molecule has 6 heteroatoms. The number of thiophene rings is 1. The summed E-state index contributed by atoms with van der Waals surface area (Å²) in [4.78, 5) is 16.2. The number of hydrogen-bond donors (Lipinski definition) is 1. The van der Waals surface area contributed by atoms with Crippen molar-refractivity contribution in [1.29, 1.82) is 0 Å². The largest absolute Gasteiger partial charge is 0.497 e. The molecule has 1 amide bonds. The molecule has 0 saturated heterocycles. The van der Waals surface area contributed by atoms with Gasteiger partial charge in [-0.05, 0) is 62.3 Å². The Labute approximate surface area is 158 Å². The zero-order valence-corrected chi connectivity index (χ0v) is 16.7. The van der Waals surface area contributed by atoms with Crippen LogP contribution in [0.2, 0.25) is 0 Å². The van der Waals surface area contributed by atoms with Crippen molar-refractivity contribution in [3.05, 3.63) is 51.8 Å². The van der Waals surface area contributed by atoms with E-state index in [2.05, 4.69) is 28.6 Å². The SMILES string of the molecule is COc1ccc2c(c1)cc(C(=O)NCC(c1sccc1C)N(C)C)n2C. The van der Waals surface area contributed by atoms with Gasteiger partial charge in [0.25, 0.3) is 5.91 Å². The summed E-state index contributed by atoms with van der Waals surface area (Å²) >= 11 is 1.73. The van der Waals surface area contributed by atoms with Gasteiger partial charge in [-0.2, -0.15) is 0 Å². The first-order chi connectivity index (χ1) is 12.4. The second kappa shape index (κ2) is 7.51. The van der Waals surface area contributed by atoms with Gasteiger partial charge in [-0.1, -0.05) is 0 Å². The number of ether oxygens (including phenoxy) is 1. The molecule has 1 aromatic carbocycles. The molecule has 0 spiro atoms. The van der Waals surface area contributed by atoms with Crippen LogP contribution in [0, 0.1) is 6.92 Å². The maximum Gasteiger partial charge on any atom is 0.267 e. The van der Waals surface area contributed by atoms with Crippen LogP contribution in [0.3, 0.4) is 0 Å². The molecule has 0 aliphatic heterocycles. The van der Waals surface area contributed by atoms with E-state index in [9.17, 15) is 4.79 Å².